The smallest absolute Gasteiger partial charge is 0.329 e. The Balaban J connectivity index is 2.06. The summed E-state index contributed by atoms with van der Waals surface area (Å²) in [6, 6.07) is 6.75. The molecule has 30 heavy (non-hydrogen) atoms. The Kier molecular flexibility index (Phi) is 7.29. The molecule has 7 nitrogen and oxygen atoms in total. The monoisotopic (exact) mass is 422 g/mol. The molecule has 0 radical (unpaired) electrons. The van der Waals surface area contributed by atoms with E-state index in [4.69, 9.17) is 9.47 Å². The van der Waals surface area contributed by atoms with E-state index >= 15 is 0 Å². The number of amides is 1. The number of esters is 2. The first-order valence-electron chi connectivity index (χ1n) is 10.1. The van der Waals surface area contributed by atoms with Crippen molar-refractivity contribution in [3.63, 3.8) is 0 Å². The first-order chi connectivity index (χ1) is 13.8. The number of hydrogen-bond acceptors (Lipinski definition) is 5. The molecule has 0 aliphatic heterocycles. The van der Waals surface area contributed by atoms with Crippen LogP contribution in [0.2, 0.25) is 0 Å². The molecule has 1 atom stereocenters. The van der Waals surface area contributed by atoms with Crippen LogP contribution in [0.5, 0.6) is 0 Å². The summed E-state index contributed by atoms with van der Waals surface area (Å²) in [6.45, 7) is 10.6. The zero-order valence-corrected chi connectivity index (χ0v) is 18.6. The number of rotatable bonds is 7. The molecule has 0 bridgehead atoms. The number of H-pyrrole nitrogens is 1. The predicted molar refractivity (Wildman–Crippen MR) is 115 cm³/mol. The average Bonchev–Trinajstić information content (AvgIpc) is 2.98. The molecule has 1 heterocycles. The summed E-state index contributed by atoms with van der Waals surface area (Å²) in [4.78, 5) is 40.5. The largest absolute Gasteiger partial charge is 0.460 e. The van der Waals surface area contributed by atoms with Gasteiger partial charge in [0, 0.05) is 23.5 Å². The van der Waals surface area contributed by atoms with Crippen LogP contribution in [0.25, 0.3) is 10.9 Å². The summed E-state index contributed by atoms with van der Waals surface area (Å²) in [5.41, 5.74) is 0.451. The fraction of sp³-hybridized carbons (Fsp3) is 0.522. The molecule has 0 saturated carbocycles. The molecular formula is C23H32N2O5. The SMILES string of the molecule is CC(C)(C)OC(=O)CC[C@H](NC(=O)Cc1c[nH][13c]2[13cH][13cH][13cH][13cH][13c]12)C(=O)OC(C)(C)C. The Hall–Kier alpha value is -2.83. The van der Waals surface area contributed by atoms with E-state index in [9.17, 15) is 14.4 Å². The zero-order chi connectivity index (χ0) is 22.5. The Morgan fingerprint density at radius 2 is 1.63 bits per heavy atom. The van der Waals surface area contributed by atoms with Gasteiger partial charge in [-0.1, -0.05) is 18.2 Å². The molecule has 0 saturated heterocycles. The number of para-hydroxylation sites is 1. The van der Waals surface area contributed by atoms with Gasteiger partial charge in [0.1, 0.15) is 17.2 Å². The lowest BCUT2D eigenvalue weighted by Crippen LogP contribution is -2.45. The molecular weight excluding hydrogens is 390 g/mol. The second-order valence-corrected chi connectivity index (χ2v) is 9.31. The number of nitrogens with one attached hydrogen (secondary N) is 2. The number of carbonyl (C=O) groups excluding carboxylic acids is 3. The number of aromatic amines is 1. The predicted octanol–water partition coefficient (Wildman–Crippen LogP) is 3.66. The van der Waals surface area contributed by atoms with E-state index in [0.717, 1.165) is 16.5 Å². The van der Waals surface area contributed by atoms with Gasteiger partial charge >= 0.3 is 11.9 Å². The van der Waals surface area contributed by atoms with Crippen LogP contribution in [0.3, 0.4) is 0 Å². The summed E-state index contributed by atoms with van der Waals surface area (Å²) in [6.07, 6.45) is 1.99. The van der Waals surface area contributed by atoms with Crippen LogP contribution >= 0.6 is 0 Å². The molecule has 2 aromatic rings. The van der Waals surface area contributed by atoms with Crippen LogP contribution in [-0.2, 0) is 30.3 Å². The van der Waals surface area contributed by atoms with E-state index < -0.39 is 29.2 Å². The summed E-state index contributed by atoms with van der Waals surface area (Å²) in [5, 5.41) is 3.68. The third-order valence-electron chi connectivity index (χ3n) is 4.11. The van der Waals surface area contributed by atoms with Crippen molar-refractivity contribution < 1.29 is 23.9 Å². The highest BCUT2D eigenvalue weighted by atomic mass is 16.6. The summed E-state index contributed by atoms with van der Waals surface area (Å²) in [5.74, 6) is -1.32. The van der Waals surface area contributed by atoms with Gasteiger partial charge < -0.3 is 19.8 Å². The van der Waals surface area contributed by atoms with Gasteiger partial charge in [0.25, 0.3) is 0 Å². The highest BCUT2D eigenvalue weighted by Gasteiger charge is 2.28. The van der Waals surface area contributed by atoms with E-state index in [0.29, 0.717) is 0 Å². The lowest BCUT2D eigenvalue weighted by Gasteiger charge is -2.25. The topological polar surface area (TPSA) is 97.5 Å². The number of ether oxygens (including phenoxy) is 2. The second-order valence-electron chi connectivity index (χ2n) is 9.31. The minimum Gasteiger partial charge on any atom is -0.460 e. The molecule has 2 N–H and O–H groups in total. The molecule has 164 valence electrons. The lowest BCUT2D eigenvalue weighted by atomic mass is 10.1. The minimum absolute atomic E-state index is 0.00541. The van der Waals surface area contributed by atoms with Gasteiger partial charge in [-0.05, 0) is 59.6 Å². The van der Waals surface area contributed by atoms with Crippen LogP contribution in [0.1, 0.15) is 59.9 Å². The van der Waals surface area contributed by atoms with Crippen molar-refractivity contribution in [1.82, 2.24) is 10.3 Å². The van der Waals surface area contributed by atoms with Gasteiger partial charge in [-0.25, -0.2) is 4.79 Å². The Labute approximate surface area is 177 Å². The van der Waals surface area contributed by atoms with Crippen molar-refractivity contribution in [3.05, 3.63) is 36.0 Å². The normalized spacial score (nSPS) is 13.0. The van der Waals surface area contributed by atoms with Crippen LogP contribution in [-0.4, -0.2) is 40.1 Å². The fourth-order valence-corrected chi connectivity index (χ4v) is 2.97. The molecule has 0 aliphatic carbocycles. The number of hydrogen-bond donors (Lipinski definition) is 2. The van der Waals surface area contributed by atoms with Gasteiger partial charge in [0.2, 0.25) is 5.91 Å². The molecule has 0 spiro atoms. The maximum absolute atomic E-state index is 12.7. The van der Waals surface area contributed by atoms with Crippen LogP contribution in [0.4, 0.5) is 0 Å². The molecule has 1 aromatic heterocycles. The summed E-state index contributed by atoms with van der Waals surface area (Å²) in [7, 11) is 0. The van der Waals surface area contributed by atoms with Gasteiger partial charge in [0.15, 0.2) is 0 Å². The van der Waals surface area contributed by atoms with Crippen molar-refractivity contribution >= 4 is 28.7 Å². The lowest BCUT2D eigenvalue weighted by molar-refractivity contribution is -0.160. The van der Waals surface area contributed by atoms with E-state index in [1.807, 2.05) is 24.3 Å². The Morgan fingerprint density at radius 1 is 1.00 bits per heavy atom. The second kappa shape index (κ2) is 9.32. The maximum Gasteiger partial charge on any atom is 0.329 e. The maximum atomic E-state index is 12.7. The molecule has 0 aliphatic rings. The zero-order valence-electron chi connectivity index (χ0n) is 18.6. The van der Waals surface area contributed by atoms with Crippen molar-refractivity contribution in [2.45, 2.75) is 78.0 Å². The van der Waals surface area contributed by atoms with Crippen LogP contribution in [0.15, 0.2) is 30.5 Å². The fourth-order valence-electron chi connectivity index (χ4n) is 2.97. The van der Waals surface area contributed by atoms with Crippen molar-refractivity contribution in [3.8, 4) is 0 Å². The molecule has 7 heteroatoms. The molecule has 1 aromatic carbocycles. The minimum atomic E-state index is -0.936. The van der Waals surface area contributed by atoms with E-state index in [-0.39, 0.29) is 25.2 Å². The standard InChI is InChI=1S/C23H32N2O5/c1-22(2,3)29-20(27)12-11-18(21(28)30-23(4,5)6)25-19(26)13-15-14-24-17-10-8-7-9-16(15)17/h7-10,14,18,24H,11-13H2,1-6H3,(H,25,26)/t18-/m0/s1/i7+1,8+1,9+1,10+1,16+1,17+1. The van der Waals surface area contributed by atoms with Crippen molar-refractivity contribution in [2.75, 3.05) is 0 Å². The van der Waals surface area contributed by atoms with Crippen LogP contribution < -0.4 is 5.32 Å². The highest BCUT2D eigenvalue weighted by Crippen LogP contribution is 2.18. The summed E-state index contributed by atoms with van der Waals surface area (Å²) >= 11 is 0. The number of benzene rings is 1. The van der Waals surface area contributed by atoms with E-state index in [1.54, 1.807) is 47.7 Å². The van der Waals surface area contributed by atoms with Gasteiger partial charge in [-0.15, -0.1) is 0 Å². The average molecular weight is 422 g/mol. The van der Waals surface area contributed by atoms with Crippen molar-refractivity contribution in [2.24, 2.45) is 0 Å². The number of aromatic nitrogens is 1. The highest BCUT2D eigenvalue weighted by molar-refractivity contribution is 5.91. The van der Waals surface area contributed by atoms with E-state index in [1.165, 1.54) is 0 Å². The molecule has 2 rings (SSSR count). The summed E-state index contributed by atoms with van der Waals surface area (Å²) < 4.78 is 10.7. The number of fused-ring (bicyclic) bond motifs is 1. The third-order valence-corrected chi connectivity index (χ3v) is 4.11. The molecule has 0 fully saturated rings. The van der Waals surface area contributed by atoms with Crippen LogP contribution in [0, 0.1) is 0 Å². The van der Waals surface area contributed by atoms with E-state index in [2.05, 4.69) is 10.3 Å². The van der Waals surface area contributed by atoms with Gasteiger partial charge in [0.05, 0.1) is 6.42 Å². The quantitative estimate of drug-likeness (QED) is 0.664. The van der Waals surface area contributed by atoms with Crippen molar-refractivity contribution in [1.29, 1.82) is 0 Å². The number of carbonyl (C=O) groups is 3. The van der Waals surface area contributed by atoms with Gasteiger partial charge in [-0.2, -0.15) is 0 Å². The Bertz CT molecular complexity index is 902. The molecule has 1 amide bonds. The first kappa shape index (κ1) is 23.4. The van der Waals surface area contributed by atoms with Gasteiger partial charge in [-0.3, -0.25) is 9.59 Å². The molecule has 0 unspecified atom stereocenters. The Morgan fingerprint density at radius 3 is 2.27 bits per heavy atom. The third kappa shape index (κ3) is 7.54. The first-order valence-corrected chi connectivity index (χ1v) is 10.1.